The van der Waals surface area contributed by atoms with Gasteiger partial charge in [0, 0.05) is 49.3 Å². The number of carbonyl (C=O) groups is 3. The van der Waals surface area contributed by atoms with E-state index < -0.39 is 0 Å². The number of carbonyl (C=O) groups excluding carboxylic acids is 3. The fourth-order valence-corrected chi connectivity index (χ4v) is 3.42. The number of amides is 3. The topological polar surface area (TPSA) is 105 Å². The third kappa shape index (κ3) is 5.29. The summed E-state index contributed by atoms with van der Waals surface area (Å²) in [6.45, 7) is 1.44. The van der Waals surface area contributed by atoms with E-state index in [0.717, 1.165) is 32.1 Å². The van der Waals surface area contributed by atoms with Gasteiger partial charge in [-0.05, 0) is 50.3 Å². The fourth-order valence-electron chi connectivity index (χ4n) is 3.42. The molecule has 2 aliphatic rings. The lowest BCUT2D eigenvalue weighted by molar-refractivity contribution is -0.121. The summed E-state index contributed by atoms with van der Waals surface area (Å²) in [5.41, 5.74) is 6.62. The van der Waals surface area contributed by atoms with Gasteiger partial charge >= 0.3 is 0 Å². The van der Waals surface area contributed by atoms with Crippen molar-refractivity contribution in [2.45, 2.75) is 44.6 Å². The Balaban J connectivity index is 1.64. The van der Waals surface area contributed by atoms with Crippen LogP contribution in [0.4, 0.5) is 5.69 Å². The van der Waals surface area contributed by atoms with E-state index in [0.29, 0.717) is 37.3 Å². The number of nitrogens with zero attached hydrogens (tertiary/aromatic N) is 1. The molecule has 1 unspecified atom stereocenters. The zero-order valence-electron chi connectivity index (χ0n) is 15.6. The summed E-state index contributed by atoms with van der Waals surface area (Å²) in [6.07, 6.45) is 5.04. The number of hydrogen-bond acceptors (Lipinski definition) is 4. The summed E-state index contributed by atoms with van der Waals surface area (Å²) >= 11 is 0. The minimum absolute atomic E-state index is 0.0160. The molecule has 1 aromatic carbocycles. The van der Waals surface area contributed by atoms with E-state index in [1.807, 2.05) is 4.90 Å². The zero-order valence-corrected chi connectivity index (χ0v) is 15.6. The van der Waals surface area contributed by atoms with Gasteiger partial charge in [0.15, 0.2) is 0 Å². The van der Waals surface area contributed by atoms with Crippen molar-refractivity contribution >= 4 is 23.4 Å². The van der Waals surface area contributed by atoms with Crippen LogP contribution in [0.5, 0.6) is 0 Å². The molecule has 1 aliphatic carbocycles. The minimum atomic E-state index is -0.0831. The van der Waals surface area contributed by atoms with Gasteiger partial charge in [-0.25, -0.2) is 0 Å². The highest BCUT2D eigenvalue weighted by atomic mass is 16.2. The Labute approximate surface area is 159 Å². The first-order valence-electron chi connectivity index (χ1n) is 9.77. The van der Waals surface area contributed by atoms with Crippen LogP contribution in [0.25, 0.3) is 0 Å². The Morgan fingerprint density at radius 3 is 2.70 bits per heavy atom. The summed E-state index contributed by atoms with van der Waals surface area (Å²) in [5.74, 6) is 0.00146. The van der Waals surface area contributed by atoms with Gasteiger partial charge < -0.3 is 21.3 Å². The first-order valence-corrected chi connectivity index (χ1v) is 9.77. The van der Waals surface area contributed by atoms with Crippen molar-refractivity contribution in [3.8, 4) is 0 Å². The summed E-state index contributed by atoms with van der Waals surface area (Å²) in [7, 11) is 0. The summed E-state index contributed by atoms with van der Waals surface area (Å²) < 4.78 is 0. The maximum absolute atomic E-state index is 13.0. The van der Waals surface area contributed by atoms with Crippen LogP contribution < -0.4 is 16.4 Å². The molecule has 0 radical (unpaired) electrons. The van der Waals surface area contributed by atoms with E-state index in [9.17, 15) is 14.4 Å². The second-order valence-electron chi connectivity index (χ2n) is 7.34. The Bertz CT molecular complexity index is 702. The fraction of sp³-hybridized carbons (Fsp3) is 0.550. The molecule has 146 valence electrons. The van der Waals surface area contributed by atoms with Gasteiger partial charge in [0.25, 0.3) is 5.91 Å². The van der Waals surface area contributed by atoms with Gasteiger partial charge in [-0.15, -0.1) is 0 Å². The first-order chi connectivity index (χ1) is 13.1. The highest BCUT2D eigenvalue weighted by molar-refractivity contribution is 5.98. The van der Waals surface area contributed by atoms with E-state index in [2.05, 4.69) is 10.6 Å². The molecular formula is C20H28N4O3. The molecule has 2 fully saturated rings. The minimum Gasteiger partial charge on any atom is -0.354 e. The zero-order chi connectivity index (χ0) is 19.2. The number of rotatable bonds is 7. The summed E-state index contributed by atoms with van der Waals surface area (Å²) in [5, 5.41) is 5.77. The monoisotopic (exact) mass is 372 g/mol. The molecule has 3 rings (SSSR count). The standard InChI is InChI=1S/C20H28N4O3/c21-10-9-18(25)22-13-17-6-1-2-11-24(17)20(27)15-4-3-5-16(12-15)23-19(26)14-7-8-14/h3-5,12,14,17H,1-2,6-11,13,21H2,(H,22,25)(H,23,26). The Hall–Kier alpha value is -2.41. The first kappa shape index (κ1) is 19.4. The van der Waals surface area contributed by atoms with E-state index in [1.165, 1.54) is 0 Å². The number of nitrogens with one attached hydrogen (secondary N) is 2. The average Bonchev–Trinajstić information content (AvgIpc) is 3.52. The van der Waals surface area contributed by atoms with Crippen LogP contribution in [0.1, 0.15) is 48.9 Å². The second-order valence-corrected chi connectivity index (χ2v) is 7.34. The van der Waals surface area contributed by atoms with Crippen molar-refractivity contribution in [3.05, 3.63) is 29.8 Å². The summed E-state index contributed by atoms with van der Waals surface area (Å²) in [6, 6.07) is 7.09. The van der Waals surface area contributed by atoms with Gasteiger partial charge in [-0.1, -0.05) is 6.07 Å². The van der Waals surface area contributed by atoms with Crippen LogP contribution in [0.2, 0.25) is 0 Å². The predicted octanol–water partition coefficient (Wildman–Crippen LogP) is 1.49. The lowest BCUT2D eigenvalue weighted by Gasteiger charge is -2.36. The molecule has 4 N–H and O–H groups in total. The number of likely N-dealkylation sites (tertiary alicyclic amines) is 1. The van der Waals surface area contributed by atoms with Crippen molar-refractivity contribution in [1.82, 2.24) is 10.2 Å². The molecule has 0 bridgehead atoms. The van der Waals surface area contributed by atoms with Gasteiger partial charge in [0.05, 0.1) is 0 Å². The van der Waals surface area contributed by atoms with Crippen molar-refractivity contribution in [3.63, 3.8) is 0 Å². The van der Waals surface area contributed by atoms with Crippen molar-refractivity contribution in [2.24, 2.45) is 11.7 Å². The maximum atomic E-state index is 13.0. The lowest BCUT2D eigenvalue weighted by atomic mass is 10.0. The molecule has 0 spiro atoms. The molecule has 0 aromatic heterocycles. The molecule has 1 atom stereocenters. The van der Waals surface area contributed by atoms with Crippen LogP contribution in [-0.2, 0) is 9.59 Å². The molecule has 27 heavy (non-hydrogen) atoms. The Morgan fingerprint density at radius 1 is 1.15 bits per heavy atom. The predicted molar refractivity (Wildman–Crippen MR) is 103 cm³/mol. The highest BCUT2D eigenvalue weighted by Gasteiger charge is 2.30. The normalized spacial score (nSPS) is 19.4. The third-order valence-electron chi connectivity index (χ3n) is 5.12. The molecule has 1 saturated carbocycles. The third-order valence-corrected chi connectivity index (χ3v) is 5.12. The maximum Gasteiger partial charge on any atom is 0.254 e. The number of benzene rings is 1. The number of hydrogen-bond donors (Lipinski definition) is 3. The molecule has 7 heteroatoms. The van der Waals surface area contributed by atoms with Gasteiger partial charge in [0.1, 0.15) is 0 Å². The van der Waals surface area contributed by atoms with E-state index in [1.54, 1.807) is 24.3 Å². The molecule has 1 heterocycles. The molecule has 7 nitrogen and oxygen atoms in total. The van der Waals surface area contributed by atoms with Crippen LogP contribution in [0, 0.1) is 5.92 Å². The molecule has 3 amide bonds. The van der Waals surface area contributed by atoms with E-state index in [-0.39, 0.29) is 29.7 Å². The van der Waals surface area contributed by atoms with Crippen molar-refractivity contribution in [2.75, 3.05) is 25.0 Å². The van der Waals surface area contributed by atoms with Crippen molar-refractivity contribution < 1.29 is 14.4 Å². The Kier molecular flexibility index (Phi) is 6.45. The number of anilines is 1. The van der Waals surface area contributed by atoms with Crippen LogP contribution in [-0.4, -0.2) is 48.3 Å². The largest absolute Gasteiger partial charge is 0.354 e. The van der Waals surface area contributed by atoms with Gasteiger partial charge in [0.2, 0.25) is 11.8 Å². The average molecular weight is 372 g/mol. The highest BCUT2D eigenvalue weighted by Crippen LogP contribution is 2.30. The molecule has 1 aliphatic heterocycles. The van der Waals surface area contributed by atoms with Crippen LogP contribution in [0.15, 0.2) is 24.3 Å². The second kappa shape index (κ2) is 8.99. The van der Waals surface area contributed by atoms with E-state index >= 15 is 0 Å². The van der Waals surface area contributed by atoms with Gasteiger partial charge in [-0.3, -0.25) is 14.4 Å². The van der Waals surface area contributed by atoms with E-state index in [4.69, 9.17) is 5.73 Å². The van der Waals surface area contributed by atoms with Crippen molar-refractivity contribution in [1.29, 1.82) is 0 Å². The molecule has 1 saturated heterocycles. The molecule has 1 aromatic rings. The number of piperidine rings is 1. The lowest BCUT2D eigenvalue weighted by Crippen LogP contribution is -2.49. The quantitative estimate of drug-likeness (QED) is 0.674. The number of nitrogens with two attached hydrogens (primary N) is 1. The smallest absolute Gasteiger partial charge is 0.254 e. The van der Waals surface area contributed by atoms with Gasteiger partial charge in [-0.2, -0.15) is 0 Å². The molecular weight excluding hydrogens is 344 g/mol. The summed E-state index contributed by atoms with van der Waals surface area (Å²) in [4.78, 5) is 38.5. The van der Waals surface area contributed by atoms with Crippen LogP contribution >= 0.6 is 0 Å². The Morgan fingerprint density at radius 2 is 1.96 bits per heavy atom. The SMILES string of the molecule is NCCC(=O)NCC1CCCCN1C(=O)c1cccc(NC(=O)C2CC2)c1. The van der Waals surface area contributed by atoms with Crippen LogP contribution in [0.3, 0.4) is 0 Å².